The first-order valence-corrected chi connectivity index (χ1v) is 15.2. The number of ether oxygens (including phenoxy) is 1. The quantitative estimate of drug-likeness (QED) is 0.321. The Balaban J connectivity index is 1.56. The fourth-order valence-corrected chi connectivity index (χ4v) is 6.45. The van der Waals surface area contributed by atoms with E-state index >= 15 is 0 Å². The Labute approximate surface area is 241 Å². The summed E-state index contributed by atoms with van der Waals surface area (Å²) in [6, 6.07) is 22.2. The molecule has 3 aromatic carbocycles. The summed E-state index contributed by atoms with van der Waals surface area (Å²) in [5, 5.41) is 12.0. The summed E-state index contributed by atoms with van der Waals surface area (Å²) >= 11 is 0. The number of nitrogens with one attached hydrogen (secondary N) is 1. The molecule has 1 heterocycles. The first-order valence-electron chi connectivity index (χ1n) is 13.8. The lowest BCUT2D eigenvalue weighted by atomic mass is 10.0. The highest BCUT2D eigenvalue weighted by Gasteiger charge is 2.31. The fraction of sp³-hybridized carbons (Fsp3) is 0.355. The van der Waals surface area contributed by atoms with Crippen molar-refractivity contribution in [3.05, 3.63) is 95.6 Å². The molecule has 1 fully saturated rings. The van der Waals surface area contributed by atoms with E-state index in [4.69, 9.17) is 4.74 Å². The van der Waals surface area contributed by atoms with Crippen molar-refractivity contribution in [2.24, 2.45) is 0 Å². The third kappa shape index (κ3) is 7.72. The molecular formula is C31H37N3O6S. The van der Waals surface area contributed by atoms with Gasteiger partial charge in [-0.1, -0.05) is 54.6 Å². The van der Waals surface area contributed by atoms with Gasteiger partial charge in [-0.2, -0.15) is 4.31 Å². The van der Waals surface area contributed by atoms with Crippen LogP contribution in [0.3, 0.4) is 0 Å². The normalized spacial score (nSPS) is 14.4. The molecule has 0 radical (unpaired) electrons. The number of aliphatic hydroxyl groups is 1. The lowest BCUT2D eigenvalue weighted by Crippen LogP contribution is -2.44. The average Bonchev–Trinajstić information content (AvgIpc) is 3.56. The molecule has 0 unspecified atom stereocenters. The third-order valence-corrected chi connectivity index (χ3v) is 9.09. The largest absolute Gasteiger partial charge is 0.497 e. The van der Waals surface area contributed by atoms with Crippen LogP contribution in [-0.2, 0) is 32.6 Å². The van der Waals surface area contributed by atoms with Gasteiger partial charge in [0.25, 0.3) is 0 Å². The van der Waals surface area contributed by atoms with Crippen LogP contribution in [0.25, 0.3) is 0 Å². The van der Waals surface area contributed by atoms with Crippen molar-refractivity contribution in [1.29, 1.82) is 0 Å². The topological polar surface area (TPSA) is 116 Å². The number of sulfonamides is 1. The lowest BCUT2D eigenvalue weighted by molar-refractivity contribution is -0.141. The monoisotopic (exact) mass is 579 g/mol. The van der Waals surface area contributed by atoms with E-state index in [0.717, 1.165) is 24.0 Å². The summed E-state index contributed by atoms with van der Waals surface area (Å²) in [4.78, 5) is 29.0. The number of methoxy groups -OCH3 is 1. The van der Waals surface area contributed by atoms with Crippen LogP contribution in [0.15, 0.2) is 83.8 Å². The van der Waals surface area contributed by atoms with Gasteiger partial charge < -0.3 is 20.1 Å². The zero-order valence-corrected chi connectivity index (χ0v) is 24.1. The van der Waals surface area contributed by atoms with Gasteiger partial charge in [0.05, 0.1) is 18.6 Å². The molecule has 0 aliphatic carbocycles. The average molecular weight is 580 g/mol. The number of hydrogen-bond donors (Lipinski definition) is 2. The van der Waals surface area contributed by atoms with Crippen LogP contribution in [0, 0.1) is 0 Å². The fourth-order valence-electron chi connectivity index (χ4n) is 4.94. The second-order valence-corrected chi connectivity index (χ2v) is 11.9. The van der Waals surface area contributed by atoms with Gasteiger partial charge in [-0.15, -0.1) is 0 Å². The second kappa shape index (κ2) is 14.2. The molecule has 218 valence electrons. The van der Waals surface area contributed by atoms with Gasteiger partial charge in [0.2, 0.25) is 21.8 Å². The van der Waals surface area contributed by atoms with E-state index in [1.807, 2.05) is 30.3 Å². The number of amides is 2. The minimum Gasteiger partial charge on any atom is -0.497 e. The lowest BCUT2D eigenvalue weighted by Gasteiger charge is -2.32. The molecule has 41 heavy (non-hydrogen) atoms. The van der Waals surface area contributed by atoms with Crippen molar-refractivity contribution in [3.8, 4) is 5.75 Å². The Morgan fingerprint density at radius 3 is 2.20 bits per heavy atom. The van der Waals surface area contributed by atoms with Crippen molar-refractivity contribution < 1.29 is 27.9 Å². The Morgan fingerprint density at radius 1 is 0.951 bits per heavy atom. The molecule has 1 aliphatic heterocycles. The maximum Gasteiger partial charge on any atom is 0.247 e. The summed E-state index contributed by atoms with van der Waals surface area (Å²) < 4.78 is 32.5. The molecule has 2 amide bonds. The molecule has 1 saturated heterocycles. The Hall–Kier alpha value is -3.73. The maximum atomic E-state index is 13.8. The number of rotatable bonds is 13. The molecule has 0 aromatic heterocycles. The molecule has 9 nitrogen and oxygen atoms in total. The summed E-state index contributed by atoms with van der Waals surface area (Å²) in [6.07, 6.45) is 2.23. The van der Waals surface area contributed by atoms with Crippen LogP contribution in [0.4, 0.5) is 0 Å². The second-order valence-electron chi connectivity index (χ2n) is 9.95. The molecule has 1 atom stereocenters. The highest BCUT2D eigenvalue weighted by atomic mass is 32.2. The van der Waals surface area contributed by atoms with Crippen molar-refractivity contribution in [2.45, 2.75) is 43.2 Å². The Morgan fingerprint density at radius 2 is 1.59 bits per heavy atom. The molecule has 1 aliphatic rings. The first-order chi connectivity index (χ1) is 19.8. The van der Waals surface area contributed by atoms with Gasteiger partial charge in [0.15, 0.2) is 0 Å². The van der Waals surface area contributed by atoms with Gasteiger partial charge in [-0.3, -0.25) is 9.59 Å². The Kier molecular flexibility index (Phi) is 10.5. The van der Waals surface area contributed by atoms with E-state index in [1.165, 1.54) is 4.31 Å². The van der Waals surface area contributed by atoms with Crippen LogP contribution in [0.5, 0.6) is 5.75 Å². The predicted molar refractivity (Wildman–Crippen MR) is 156 cm³/mol. The molecule has 10 heteroatoms. The van der Waals surface area contributed by atoms with E-state index in [-0.39, 0.29) is 42.8 Å². The maximum absolute atomic E-state index is 13.8. The van der Waals surface area contributed by atoms with Crippen molar-refractivity contribution >= 4 is 21.8 Å². The molecule has 2 N–H and O–H groups in total. The van der Waals surface area contributed by atoms with Crippen LogP contribution < -0.4 is 10.1 Å². The van der Waals surface area contributed by atoms with Gasteiger partial charge in [0.1, 0.15) is 11.8 Å². The van der Waals surface area contributed by atoms with Crippen molar-refractivity contribution in [2.75, 3.05) is 33.4 Å². The number of aryl methyl sites for hydroxylation is 1. The van der Waals surface area contributed by atoms with Gasteiger partial charge >= 0.3 is 0 Å². The van der Waals surface area contributed by atoms with Crippen LogP contribution in [0.2, 0.25) is 0 Å². The van der Waals surface area contributed by atoms with Crippen LogP contribution >= 0.6 is 0 Å². The van der Waals surface area contributed by atoms with Crippen molar-refractivity contribution in [1.82, 2.24) is 14.5 Å². The van der Waals surface area contributed by atoms with E-state index in [2.05, 4.69) is 5.32 Å². The van der Waals surface area contributed by atoms with Gasteiger partial charge in [-0.25, -0.2) is 8.42 Å². The summed E-state index contributed by atoms with van der Waals surface area (Å²) in [5.74, 6) is 0.0632. The molecule has 0 saturated carbocycles. The van der Waals surface area contributed by atoms with Gasteiger partial charge in [0, 0.05) is 32.6 Å². The number of carbonyl (C=O) groups excluding carboxylic acids is 2. The van der Waals surface area contributed by atoms with Crippen LogP contribution in [-0.4, -0.2) is 67.9 Å². The van der Waals surface area contributed by atoms with Crippen LogP contribution in [0.1, 0.15) is 42.0 Å². The summed E-state index contributed by atoms with van der Waals surface area (Å²) in [5.41, 5.74) is 2.30. The third-order valence-electron chi connectivity index (χ3n) is 7.17. The molecule has 3 aromatic rings. The number of carbonyl (C=O) groups is 2. The molecule has 0 spiro atoms. The van der Waals surface area contributed by atoms with Crippen molar-refractivity contribution in [3.63, 3.8) is 0 Å². The first kappa shape index (κ1) is 30.2. The standard InChI is InChI=1S/C31H37N3O6S/c1-40-27-14-9-25(10-15-27)23-34(30(31(37)32-19-22-35)26-7-3-2-4-8-26)29(36)18-13-24-11-16-28(17-12-24)41(38,39)33-20-5-6-21-33/h2-4,7-12,14-17,30,35H,5-6,13,18-23H2,1H3,(H,32,37)/t30-/m0/s1. The zero-order valence-electron chi connectivity index (χ0n) is 23.2. The minimum absolute atomic E-state index is 0.0689. The highest BCUT2D eigenvalue weighted by Crippen LogP contribution is 2.26. The summed E-state index contributed by atoms with van der Waals surface area (Å²) in [6.45, 7) is 1.11. The molecule has 4 rings (SSSR count). The molecule has 0 bridgehead atoms. The van der Waals surface area contributed by atoms with Gasteiger partial charge in [-0.05, 0) is 60.2 Å². The van der Waals surface area contributed by atoms with E-state index in [1.54, 1.807) is 60.5 Å². The SMILES string of the molecule is COc1ccc(CN(C(=O)CCc2ccc(S(=O)(=O)N3CCCC3)cc2)[C@H](C(=O)NCCO)c2ccccc2)cc1. The zero-order chi connectivity index (χ0) is 29.2. The number of benzene rings is 3. The predicted octanol–water partition coefficient (Wildman–Crippen LogP) is 3.29. The summed E-state index contributed by atoms with van der Waals surface area (Å²) in [7, 11) is -1.93. The minimum atomic E-state index is -3.51. The smallest absolute Gasteiger partial charge is 0.247 e. The van der Waals surface area contributed by atoms with E-state index in [9.17, 15) is 23.1 Å². The highest BCUT2D eigenvalue weighted by molar-refractivity contribution is 7.89. The van der Waals surface area contributed by atoms with E-state index < -0.39 is 16.1 Å². The van der Waals surface area contributed by atoms with E-state index in [0.29, 0.717) is 30.8 Å². The number of nitrogens with zero attached hydrogens (tertiary/aromatic N) is 2. The Bertz CT molecular complexity index is 1390. The molecular weight excluding hydrogens is 542 g/mol. The number of aliphatic hydroxyl groups excluding tert-OH is 1. The number of hydrogen-bond acceptors (Lipinski definition) is 6.